The van der Waals surface area contributed by atoms with Crippen LogP contribution in [0.15, 0.2) is 71.8 Å². The summed E-state index contributed by atoms with van der Waals surface area (Å²) in [7, 11) is 3.08. The molecule has 4 rings (SSSR count). The average molecular weight is 500 g/mol. The molecule has 0 fully saturated rings. The molecule has 2 heterocycles. The average Bonchev–Trinajstić information content (AvgIpc) is 3.32. The summed E-state index contributed by atoms with van der Waals surface area (Å²) < 4.78 is 55.4. The van der Waals surface area contributed by atoms with Crippen molar-refractivity contribution in [1.82, 2.24) is 19.3 Å². The molecule has 0 saturated heterocycles. The van der Waals surface area contributed by atoms with Crippen LogP contribution < -0.4 is 15.0 Å². The van der Waals surface area contributed by atoms with Crippen molar-refractivity contribution < 1.29 is 27.4 Å². The van der Waals surface area contributed by atoms with Gasteiger partial charge in [-0.25, -0.2) is 4.98 Å². The van der Waals surface area contributed by atoms with E-state index in [1.807, 2.05) is 24.3 Å². The van der Waals surface area contributed by atoms with Crippen LogP contribution in [0.1, 0.15) is 11.4 Å². The second-order valence-corrected chi connectivity index (χ2v) is 7.84. The monoisotopic (exact) mass is 500 g/mol. The third-order valence-corrected chi connectivity index (χ3v) is 5.19. The highest BCUT2D eigenvalue weighted by atomic mass is 19.4. The summed E-state index contributed by atoms with van der Waals surface area (Å²) in [5, 5.41) is 4.37. The minimum atomic E-state index is -4.44. The normalized spacial score (nSPS) is 11.5. The molecule has 36 heavy (non-hydrogen) atoms. The zero-order chi connectivity index (χ0) is 25.7. The van der Waals surface area contributed by atoms with E-state index in [1.54, 1.807) is 24.2 Å². The van der Waals surface area contributed by atoms with Gasteiger partial charge in [-0.3, -0.25) is 14.0 Å². The zero-order valence-electron chi connectivity index (χ0n) is 19.5. The van der Waals surface area contributed by atoms with Crippen molar-refractivity contribution >= 4 is 0 Å². The smallest absolute Gasteiger partial charge is 0.422 e. The van der Waals surface area contributed by atoms with Gasteiger partial charge in [-0.2, -0.15) is 18.3 Å². The Bertz CT molecular complexity index is 1360. The third kappa shape index (κ3) is 6.11. The molecular formula is C25H23F3N4O4. The van der Waals surface area contributed by atoms with Gasteiger partial charge in [-0.05, 0) is 42.0 Å². The first-order valence-corrected chi connectivity index (χ1v) is 10.8. The molecule has 0 amide bonds. The maximum atomic E-state index is 13.1. The van der Waals surface area contributed by atoms with Crippen LogP contribution in [-0.4, -0.2) is 46.3 Å². The molecule has 0 N–H and O–H groups in total. The molecule has 8 nitrogen and oxygen atoms in total. The van der Waals surface area contributed by atoms with Crippen LogP contribution >= 0.6 is 0 Å². The largest absolute Gasteiger partial charge is 0.497 e. The lowest BCUT2D eigenvalue weighted by Crippen LogP contribution is -2.24. The number of halogens is 3. The van der Waals surface area contributed by atoms with Gasteiger partial charge in [-0.15, -0.1) is 0 Å². The molecule has 0 saturated carbocycles. The third-order valence-electron chi connectivity index (χ3n) is 5.19. The Labute approximate surface area is 204 Å². The number of aromatic nitrogens is 4. The molecule has 2 aromatic heterocycles. The van der Waals surface area contributed by atoms with E-state index >= 15 is 0 Å². The van der Waals surface area contributed by atoms with Gasteiger partial charge >= 0.3 is 6.18 Å². The van der Waals surface area contributed by atoms with Crippen LogP contribution in [0.25, 0.3) is 16.9 Å². The standard InChI is InChI=1S/C25H23F3N4O4/c1-34-15-23-30-22(18-12-29-31(14-18)13-17-3-7-20(35-2)8-4-17)11-24(33)32(23)19-5-9-21(10-6-19)36-16-25(26,27)28/h3-12,14H,13,15-16H2,1-2H3. The van der Waals surface area contributed by atoms with E-state index in [1.165, 1.54) is 42.0 Å². The van der Waals surface area contributed by atoms with Gasteiger partial charge in [0.05, 0.1) is 31.2 Å². The molecule has 11 heteroatoms. The predicted octanol–water partition coefficient (Wildman–Crippen LogP) is 4.24. The molecule has 0 spiro atoms. The number of rotatable bonds is 9. The molecule has 0 atom stereocenters. The molecule has 2 aromatic carbocycles. The van der Waals surface area contributed by atoms with Crippen LogP contribution in [-0.2, 0) is 17.9 Å². The first-order chi connectivity index (χ1) is 17.3. The summed E-state index contributed by atoms with van der Waals surface area (Å²) >= 11 is 0. The lowest BCUT2D eigenvalue weighted by molar-refractivity contribution is -0.153. The van der Waals surface area contributed by atoms with Gasteiger partial charge in [0.15, 0.2) is 6.61 Å². The summed E-state index contributed by atoms with van der Waals surface area (Å²) in [5.41, 5.74) is 2.14. The van der Waals surface area contributed by atoms with E-state index in [9.17, 15) is 18.0 Å². The Kier molecular flexibility index (Phi) is 7.39. The maximum Gasteiger partial charge on any atom is 0.422 e. The molecule has 4 aromatic rings. The summed E-state index contributed by atoms with van der Waals surface area (Å²) in [5.74, 6) is 1.12. The van der Waals surface area contributed by atoms with Crippen LogP contribution in [0.3, 0.4) is 0 Å². The van der Waals surface area contributed by atoms with Crippen LogP contribution in [0.2, 0.25) is 0 Å². The summed E-state index contributed by atoms with van der Waals surface area (Å²) in [6.45, 7) is -0.840. The molecule has 0 radical (unpaired) electrons. The molecule has 0 bridgehead atoms. The SMILES string of the molecule is COCc1nc(-c2cnn(Cc3ccc(OC)cc3)c2)cc(=O)n1-c1ccc(OCC(F)(F)F)cc1. The van der Waals surface area contributed by atoms with Gasteiger partial charge in [0.2, 0.25) is 0 Å². The van der Waals surface area contributed by atoms with Gasteiger partial charge in [0.1, 0.15) is 23.9 Å². The van der Waals surface area contributed by atoms with Gasteiger partial charge in [0, 0.05) is 24.9 Å². The van der Waals surface area contributed by atoms with E-state index < -0.39 is 12.8 Å². The number of hydrogen-bond donors (Lipinski definition) is 0. The first kappa shape index (κ1) is 25.0. The van der Waals surface area contributed by atoms with Crippen molar-refractivity contribution in [3.05, 3.63) is 88.7 Å². The van der Waals surface area contributed by atoms with Crippen molar-refractivity contribution in [2.45, 2.75) is 19.3 Å². The van der Waals surface area contributed by atoms with E-state index in [-0.39, 0.29) is 17.9 Å². The van der Waals surface area contributed by atoms with Gasteiger partial charge in [0.25, 0.3) is 5.56 Å². The number of alkyl halides is 3. The number of methoxy groups -OCH3 is 2. The molecule has 0 unspecified atom stereocenters. The molecule has 0 aliphatic rings. The highest BCUT2D eigenvalue weighted by molar-refractivity contribution is 5.57. The van der Waals surface area contributed by atoms with Crippen molar-refractivity contribution in [2.24, 2.45) is 0 Å². The topological polar surface area (TPSA) is 80.4 Å². The second kappa shape index (κ2) is 10.6. The van der Waals surface area contributed by atoms with Gasteiger partial charge < -0.3 is 14.2 Å². The number of benzene rings is 2. The number of ether oxygens (including phenoxy) is 3. The highest BCUT2D eigenvalue weighted by Crippen LogP contribution is 2.22. The lowest BCUT2D eigenvalue weighted by atomic mass is 10.2. The van der Waals surface area contributed by atoms with Crippen molar-refractivity contribution in [1.29, 1.82) is 0 Å². The molecule has 0 aliphatic carbocycles. The van der Waals surface area contributed by atoms with E-state index in [0.717, 1.165) is 11.3 Å². The Balaban J connectivity index is 1.58. The van der Waals surface area contributed by atoms with E-state index in [2.05, 4.69) is 10.1 Å². The van der Waals surface area contributed by atoms with Crippen molar-refractivity contribution in [3.63, 3.8) is 0 Å². The maximum absolute atomic E-state index is 13.1. The Morgan fingerprint density at radius 2 is 1.67 bits per heavy atom. The van der Waals surface area contributed by atoms with Gasteiger partial charge in [-0.1, -0.05) is 12.1 Å². The highest BCUT2D eigenvalue weighted by Gasteiger charge is 2.28. The quantitative estimate of drug-likeness (QED) is 0.342. The fourth-order valence-electron chi connectivity index (χ4n) is 3.54. The molecule has 0 aliphatic heterocycles. The van der Waals surface area contributed by atoms with Crippen LogP contribution in [0, 0.1) is 0 Å². The molecule has 188 valence electrons. The first-order valence-electron chi connectivity index (χ1n) is 10.8. The van der Waals surface area contributed by atoms with Crippen molar-refractivity contribution in [2.75, 3.05) is 20.8 Å². The van der Waals surface area contributed by atoms with E-state index in [0.29, 0.717) is 29.3 Å². The predicted molar refractivity (Wildman–Crippen MR) is 125 cm³/mol. The Hall–Kier alpha value is -4.12. The lowest BCUT2D eigenvalue weighted by Gasteiger charge is -2.14. The summed E-state index contributed by atoms with van der Waals surface area (Å²) in [4.78, 5) is 17.7. The second-order valence-electron chi connectivity index (χ2n) is 7.84. The molecular weight excluding hydrogens is 477 g/mol. The Morgan fingerprint density at radius 1 is 0.972 bits per heavy atom. The van der Waals surface area contributed by atoms with Crippen molar-refractivity contribution in [3.8, 4) is 28.4 Å². The zero-order valence-corrected chi connectivity index (χ0v) is 19.5. The summed E-state index contributed by atoms with van der Waals surface area (Å²) in [6, 6.07) is 14.7. The Morgan fingerprint density at radius 3 is 2.31 bits per heavy atom. The number of nitrogens with zero attached hydrogens (tertiary/aromatic N) is 4. The number of hydrogen-bond acceptors (Lipinski definition) is 6. The van der Waals surface area contributed by atoms with Crippen LogP contribution in [0.4, 0.5) is 13.2 Å². The minimum Gasteiger partial charge on any atom is -0.497 e. The fraction of sp³-hybridized carbons (Fsp3) is 0.240. The summed E-state index contributed by atoms with van der Waals surface area (Å²) in [6.07, 6.45) is -1.03. The van der Waals surface area contributed by atoms with E-state index in [4.69, 9.17) is 14.2 Å². The minimum absolute atomic E-state index is 0.0336. The van der Waals surface area contributed by atoms with Crippen LogP contribution in [0.5, 0.6) is 11.5 Å². The fourth-order valence-corrected chi connectivity index (χ4v) is 3.54.